The minimum Gasteiger partial charge on any atom is -0.382 e. The van der Waals surface area contributed by atoms with Crippen molar-refractivity contribution in [1.82, 2.24) is 9.78 Å². The molecule has 0 radical (unpaired) electrons. The molecule has 7 nitrogen and oxygen atoms in total. The van der Waals surface area contributed by atoms with Crippen LogP contribution in [0.15, 0.2) is 47.5 Å². The zero-order chi connectivity index (χ0) is 22.5. The average molecular weight is 555 g/mol. The van der Waals surface area contributed by atoms with E-state index in [1.165, 1.54) is 24.0 Å². The first-order chi connectivity index (χ1) is 15.6. The number of guanidine groups is 1. The molecular weight excluding hydrogens is 525 g/mol. The molecule has 33 heavy (non-hydrogen) atoms. The van der Waals surface area contributed by atoms with Gasteiger partial charge in [0, 0.05) is 12.2 Å². The minimum atomic E-state index is 0. The number of aliphatic imine (C=N–C) groups is 1. The highest BCUT2D eigenvalue weighted by atomic mass is 127. The molecule has 0 unspecified atom stereocenters. The summed E-state index contributed by atoms with van der Waals surface area (Å²) in [5, 5.41) is 17.4. The third-order valence-electron chi connectivity index (χ3n) is 5.90. The van der Waals surface area contributed by atoms with Crippen molar-refractivity contribution in [2.24, 2.45) is 10.7 Å². The number of nitrogen functional groups attached to an aromatic ring is 1. The van der Waals surface area contributed by atoms with Crippen molar-refractivity contribution in [3.63, 3.8) is 0 Å². The van der Waals surface area contributed by atoms with Gasteiger partial charge in [-0.2, -0.15) is 10.4 Å². The molecule has 8 heteroatoms. The predicted molar refractivity (Wildman–Crippen MR) is 144 cm³/mol. The molecule has 1 aliphatic rings. The summed E-state index contributed by atoms with van der Waals surface area (Å²) in [6.45, 7) is 2.56. The van der Waals surface area contributed by atoms with E-state index < -0.39 is 0 Å². The van der Waals surface area contributed by atoms with Crippen LogP contribution >= 0.6 is 24.0 Å². The third-order valence-corrected chi connectivity index (χ3v) is 5.90. The molecular formula is C25H30IN7. The van der Waals surface area contributed by atoms with Crippen LogP contribution in [0.5, 0.6) is 0 Å². The zero-order valence-electron chi connectivity index (χ0n) is 18.8. The van der Waals surface area contributed by atoms with Gasteiger partial charge in [-0.3, -0.25) is 4.99 Å². The summed E-state index contributed by atoms with van der Waals surface area (Å²) in [5.41, 5.74) is 19.3. The van der Waals surface area contributed by atoms with Crippen molar-refractivity contribution < 1.29 is 0 Å². The fourth-order valence-corrected chi connectivity index (χ4v) is 4.18. The second-order valence-electron chi connectivity index (χ2n) is 8.21. The van der Waals surface area contributed by atoms with E-state index in [-0.39, 0.29) is 24.0 Å². The lowest BCUT2D eigenvalue weighted by Gasteiger charge is -2.19. The lowest BCUT2D eigenvalue weighted by atomic mass is 9.90. The van der Waals surface area contributed by atoms with Crippen LogP contribution in [0.2, 0.25) is 0 Å². The number of halogens is 1. The molecule has 0 fully saturated rings. The highest BCUT2D eigenvalue weighted by molar-refractivity contribution is 14.0. The molecule has 0 saturated heterocycles. The summed E-state index contributed by atoms with van der Waals surface area (Å²) in [4.78, 5) is 4.47. The molecule has 1 aromatic heterocycles. The summed E-state index contributed by atoms with van der Waals surface area (Å²) in [6, 6.07) is 16.4. The number of aryl methyl sites for hydroxylation is 3. The van der Waals surface area contributed by atoms with E-state index in [1.54, 1.807) is 4.68 Å². The van der Waals surface area contributed by atoms with Gasteiger partial charge in [0.25, 0.3) is 0 Å². The Morgan fingerprint density at radius 1 is 1.18 bits per heavy atom. The maximum absolute atomic E-state index is 9.57. The highest BCUT2D eigenvalue weighted by Gasteiger charge is 2.16. The number of nitrogens with two attached hydrogens (primary N) is 2. The quantitative estimate of drug-likeness (QED) is 0.179. The average Bonchev–Trinajstić information content (AvgIpc) is 3.12. The number of hydrogen-bond acceptors (Lipinski definition) is 4. The van der Waals surface area contributed by atoms with Crippen LogP contribution in [0.4, 0.5) is 11.5 Å². The number of aromatic nitrogens is 2. The standard InChI is InChI=1S/C25H29N7.HI/c1-17-11-13-19(14-12-17)32-24(27)21(16-26)23(31-32)10-5-15-29-25(28)30-22-9-4-7-18-6-2-3-8-20(18)22;/h4,7,9,11-14H,2-3,5-6,8,10,15,27H2,1H3,(H3,28,29,30);1H. The van der Waals surface area contributed by atoms with Crippen molar-refractivity contribution in [1.29, 1.82) is 5.26 Å². The number of hydrogen-bond donors (Lipinski definition) is 3. The molecule has 0 aliphatic heterocycles. The molecule has 4 rings (SSSR count). The number of anilines is 2. The normalized spacial score (nSPS) is 13.0. The van der Waals surface area contributed by atoms with Crippen molar-refractivity contribution in [3.8, 4) is 11.8 Å². The Kier molecular flexibility index (Phi) is 8.33. The molecule has 172 valence electrons. The SMILES string of the molecule is Cc1ccc(-n2nc(CCCN=C(N)Nc3cccc4c3CCCC4)c(C#N)c2N)cc1.I. The van der Waals surface area contributed by atoms with Gasteiger partial charge >= 0.3 is 0 Å². The van der Waals surface area contributed by atoms with E-state index in [0.29, 0.717) is 42.4 Å². The lowest BCUT2D eigenvalue weighted by Crippen LogP contribution is -2.24. The van der Waals surface area contributed by atoms with Gasteiger partial charge in [0.1, 0.15) is 17.5 Å². The van der Waals surface area contributed by atoms with Crippen LogP contribution in [0.25, 0.3) is 5.69 Å². The van der Waals surface area contributed by atoms with Gasteiger partial charge in [0.15, 0.2) is 5.96 Å². The number of nitrogens with zero attached hydrogens (tertiary/aromatic N) is 4. The van der Waals surface area contributed by atoms with E-state index >= 15 is 0 Å². The first-order valence-corrected chi connectivity index (χ1v) is 11.1. The van der Waals surface area contributed by atoms with Crippen LogP contribution < -0.4 is 16.8 Å². The van der Waals surface area contributed by atoms with Gasteiger partial charge in [-0.1, -0.05) is 29.8 Å². The lowest BCUT2D eigenvalue weighted by molar-refractivity contribution is 0.687. The largest absolute Gasteiger partial charge is 0.382 e. The van der Waals surface area contributed by atoms with Crippen molar-refractivity contribution >= 4 is 41.4 Å². The molecule has 0 saturated carbocycles. The Hall–Kier alpha value is -3.06. The molecule has 2 aromatic carbocycles. The van der Waals surface area contributed by atoms with E-state index in [1.807, 2.05) is 31.2 Å². The predicted octanol–water partition coefficient (Wildman–Crippen LogP) is 4.49. The highest BCUT2D eigenvalue weighted by Crippen LogP contribution is 2.27. The fraction of sp³-hybridized carbons (Fsp3) is 0.320. The topological polar surface area (TPSA) is 118 Å². The summed E-state index contributed by atoms with van der Waals surface area (Å²) >= 11 is 0. The maximum atomic E-state index is 9.57. The summed E-state index contributed by atoms with van der Waals surface area (Å²) in [7, 11) is 0. The summed E-state index contributed by atoms with van der Waals surface area (Å²) < 4.78 is 1.63. The fourth-order valence-electron chi connectivity index (χ4n) is 4.18. The zero-order valence-corrected chi connectivity index (χ0v) is 21.2. The van der Waals surface area contributed by atoms with E-state index in [9.17, 15) is 5.26 Å². The minimum absolute atomic E-state index is 0. The smallest absolute Gasteiger partial charge is 0.193 e. The first kappa shape index (κ1) is 24.6. The second kappa shape index (κ2) is 11.2. The van der Waals surface area contributed by atoms with E-state index in [0.717, 1.165) is 29.8 Å². The monoisotopic (exact) mass is 555 g/mol. The first-order valence-electron chi connectivity index (χ1n) is 11.1. The molecule has 5 N–H and O–H groups in total. The summed E-state index contributed by atoms with van der Waals surface area (Å²) in [6.07, 6.45) is 5.98. The van der Waals surface area contributed by atoms with Crippen LogP contribution in [-0.2, 0) is 19.3 Å². The van der Waals surface area contributed by atoms with Gasteiger partial charge in [-0.25, -0.2) is 4.68 Å². The molecule has 0 amide bonds. The Morgan fingerprint density at radius 2 is 1.94 bits per heavy atom. The maximum Gasteiger partial charge on any atom is 0.193 e. The third kappa shape index (κ3) is 5.66. The van der Waals surface area contributed by atoms with Gasteiger partial charge in [0.2, 0.25) is 0 Å². The van der Waals surface area contributed by atoms with Crippen LogP contribution in [-0.4, -0.2) is 22.3 Å². The Morgan fingerprint density at radius 3 is 2.70 bits per heavy atom. The van der Waals surface area contributed by atoms with Gasteiger partial charge in [-0.05, 0) is 74.8 Å². The van der Waals surface area contributed by atoms with Gasteiger partial charge in [-0.15, -0.1) is 24.0 Å². The van der Waals surface area contributed by atoms with Crippen molar-refractivity contribution in [3.05, 3.63) is 70.4 Å². The molecule has 1 aliphatic carbocycles. The van der Waals surface area contributed by atoms with Gasteiger partial charge < -0.3 is 16.8 Å². The van der Waals surface area contributed by atoms with Gasteiger partial charge in [0.05, 0.1) is 11.4 Å². The molecule has 0 spiro atoms. The number of rotatable bonds is 6. The molecule has 1 heterocycles. The Labute approximate surface area is 211 Å². The van der Waals surface area contributed by atoms with Crippen LogP contribution in [0, 0.1) is 18.3 Å². The van der Waals surface area contributed by atoms with E-state index in [2.05, 4.69) is 39.7 Å². The molecule has 3 aromatic rings. The van der Waals surface area contributed by atoms with Crippen LogP contribution in [0.1, 0.15) is 47.2 Å². The Bertz CT molecular complexity index is 1170. The Balaban J connectivity index is 0.00000306. The van der Waals surface area contributed by atoms with Crippen LogP contribution in [0.3, 0.4) is 0 Å². The van der Waals surface area contributed by atoms with Crippen molar-refractivity contribution in [2.45, 2.75) is 45.4 Å². The molecule has 0 bridgehead atoms. The van der Waals surface area contributed by atoms with Crippen molar-refractivity contribution in [2.75, 3.05) is 17.6 Å². The number of nitrogens with one attached hydrogen (secondary N) is 1. The summed E-state index contributed by atoms with van der Waals surface area (Å²) in [5.74, 6) is 0.777. The van der Waals surface area contributed by atoms with E-state index in [4.69, 9.17) is 11.5 Å². The number of nitriles is 1. The number of benzene rings is 2. The second-order valence-corrected chi connectivity index (χ2v) is 8.21. The number of fused-ring (bicyclic) bond motifs is 1. The molecule has 0 atom stereocenters.